The van der Waals surface area contributed by atoms with Crippen molar-refractivity contribution in [2.75, 3.05) is 6.54 Å². The number of hydrogen-bond donors (Lipinski definition) is 1. The molecule has 1 saturated heterocycles. The minimum Gasteiger partial charge on any atom is -0.339 e. The lowest BCUT2D eigenvalue weighted by Crippen LogP contribution is -2.21. The van der Waals surface area contributed by atoms with E-state index in [-0.39, 0.29) is 0 Å². The second kappa shape index (κ2) is 3.96. The van der Waals surface area contributed by atoms with Crippen LogP contribution in [0.3, 0.4) is 0 Å². The van der Waals surface area contributed by atoms with Gasteiger partial charge in [-0.25, -0.2) is 0 Å². The van der Waals surface area contributed by atoms with Crippen molar-refractivity contribution in [3.8, 4) is 11.5 Å². The van der Waals surface area contributed by atoms with E-state index < -0.39 is 0 Å². The lowest BCUT2D eigenvalue weighted by molar-refractivity contribution is 0.345. The average Bonchev–Trinajstić information content (AvgIpc) is 2.97. The third-order valence-corrected chi connectivity index (χ3v) is 3.23. The van der Waals surface area contributed by atoms with Gasteiger partial charge in [0.15, 0.2) is 0 Å². The SMILES string of the molecule is CC1NCCC1c1nc(-c2ccn(C)n2)no1. The van der Waals surface area contributed by atoms with Gasteiger partial charge in [0.1, 0.15) is 5.69 Å². The molecule has 2 aromatic rings. The van der Waals surface area contributed by atoms with E-state index in [9.17, 15) is 0 Å². The summed E-state index contributed by atoms with van der Waals surface area (Å²) in [5.74, 6) is 1.60. The van der Waals surface area contributed by atoms with E-state index in [1.54, 1.807) is 4.68 Å². The van der Waals surface area contributed by atoms with Crippen LogP contribution < -0.4 is 5.32 Å². The Kier molecular flexibility index (Phi) is 2.44. The van der Waals surface area contributed by atoms with Crippen LogP contribution in [0.1, 0.15) is 25.2 Å². The molecular weight excluding hydrogens is 218 g/mol. The van der Waals surface area contributed by atoms with E-state index in [2.05, 4.69) is 27.5 Å². The summed E-state index contributed by atoms with van der Waals surface area (Å²) < 4.78 is 7.06. The Hall–Kier alpha value is -1.69. The zero-order chi connectivity index (χ0) is 11.8. The van der Waals surface area contributed by atoms with Gasteiger partial charge < -0.3 is 9.84 Å². The average molecular weight is 233 g/mol. The first-order valence-electron chi connectivity index (χ1n) is 5.81. The molecule has 0 radical (unpaired) electrons. The first-order chi connectivity index (χ1) is 8.24. The number of nitrogens with one attached hydrogen (secondary N) is 1. The van der Waals surface area contributed by atoms with Crippen LogP contribution in [0, 0.1) is 0 Å². The smallest absolute Gasteiger partial charge is 0.231 e. The van der Waals surface area contributed by atoms with Gasteiger partial charge in [-0.05, 0) is 26.0 Å². The first kappa shape index (κ1) is 10.5. The van der Waals surface area contributed by atoms with Crippen LogP contribution in [0.2, 0.25) is 0 Å². The summed E-state index contributed by atoms with van der Waals surface area (Å²) in [6.45, 7) is 3.15. The standard InChI is InChI=1S/C11H15N5O/c1-7-8(3-5-12-7)11-13-10(15-17-11)9-4-6-16(2)14-9/h4,6-8,12H,3,5H2,1-2H3. The molecule has 0 bridgehead atoms. The van der Waals surface area contributed by atoms with E-state index in [4.69, 9.17) is 4.52 Å². The van der Waals surface area contributed by atoms with Crippen LogP contribution in [-0.4, -0.2) is 32.5 Å². The summed E-state index contributed by atoms with van der Waals surface area (Å²) in [6.07, 6.45) is 2.91. The summed E-state index contributed by atoms with van der Waals surface area (Å²) in [6, 6.07) is 2.28. The topological polar surface area (TPSA) is 68.8 Å². The highest BCUT2D eigenvalue weighted by molar-refractivity contribution is 5.46. The predicted octanol–water partition coefficient (Wildman–Crippen LogP) is 0.935. The molecular formula is C11H15N5O. The zero-order valence-corrected chi connectivity index (χ0v) is 9.92. The molecule has 2 unspecified atom stereocenters. The van der Waals surface area contributed by atoms with Crippen LogP contribution >= 0.6 is 0 Å². The van der Waals surface area contributed by atoms with E-state index in [0.717, 1.165) is 18.7 Å². The van der Waals surface area contributed by atoms with Gasteiger partial charge in [-0.15, -0.1) is 0 Å². The van der Waals surface area contributed by atoms with Crippen LogP contribution in [0.4, 0.5) is 0 Å². The molecule has 0 saturated carbocycles. The third-order valence-electron chi connectivity index (χ3n) is 3.23. The highest BCUT2D eigenvalue weighted by Gasteiger charge is 2.29. The van der Waals surface area contributed by atoms with E-state index in [1.165, 1.54) is 0 Å². The molecule has 1 fully saturated rings. The van der Waals surface area contributed by atoms with Gasteiger partial charge in [-0.3, -0.25) is 4.68 Å². The lowest BCUT2D eigenvalue weighted by atomic mass is 10.0. The largest absolute Gasteiger partial charge is 0.339 e. The molecule has 2 aromatic heterocycles. The maximum atomic E-state index is 5.33. The molecule has 0 spiro atoms. The number of aromatic nitrogens is 4. The van der Waals surface area contributed by atoms with Crippen molar-refractivity contribution in [2.45, 2.75) is 25.3 Å². The molecule has 1 aliphatic heterocycles. The first-order valence-corrected chi connectivity index (χ1v) is 5.81. The van der Waals surface area contributed by atoms with Crippen LogP contribution in [-0.2, 0) is 7.05 Å². The summed E-state index contributed by atoms with van der Waals surface area (Å²) in [7, 11) is 1.87. The molecule has 3 heterocycles. The Morgan fingerprint density at radius 1 is 1.53 bits per heavy atom. The number of rotatable bonds is 2. The van der Waals surface area contributed by atoms with E-state index >= 15 is 0 Å². The lowest BCUT2D eigenvalue weighted by Gasteiger charge is -2.08. The molecule has 0 aliphatic carbocycles. The predicted molar refractivity (Wildman–Crippen MR) is 61.3 cm³/mol. The van der Waals surface area contributed by atoms with Gasteiger partial charge in [-0.2, -0.15) is 10.1 Å². The quantitative estimate of drug-likeness (QED) is 0.835. The minimum atomic E-state index is 0.319. The maximum absolute atomic E-state index is 5.33. The molecule has 6 nitrogen and oxygen atoms in total. The summed E-state index contributed by atoms with van der Waals surface area (Å²) >= 11 is 0. The highest BCUT2D eigenvalue weighted by Crippen LogP contribution is 2.27. The Labute approximate surface area is 99.0 Å². The van der Waals surface area contributed by atoms with Crippen molar-refractivity contribution in [3.05, 3.63) is 18.2 Å². The molecule has 17 heavy (non-hydrogen) atoms. The van der Waals surface area contributed by atoms with Crippen molar-refractivity contribution >= 4 is 0 Å². The minimum absolute atomic E-state index is 0.319. The Balaban J connectivity index is 1.87. The Morgan fingerprint density at radius 3 is 3.06 bits per heavy atom. The summed E-state index contributed by atoms with van der Waals surface area (Å²) in [5.41, 5.74) is 0.751. The second-order valence-electron chi connectivity index (χ2n) is 4.47. The molecule has 3 rings (SSSR count). The van der Waals surface area contributed by atoms with Gasteiger partial charge in [0.05, 0.1) is 5.92 Å². The molecule has 0 aromatic carbocycles. The normalized spacial score (nSPS) is 24.4. The van der Waals surface area contributed by atoms with Gasteiger partial charge in [0.2, 0.25) is 11.7 Å². The summed E-state index contributed by atoms with van der Waals surface area (Å²) in [4.78, 5) is 4.43. The van der Waals surface area contributed by atoms with Crippen LogP contribution in [0.15, 0.2) is 16.8 Å². The van der Waals surface area contributed by atoms with Gasteiger partial charge in [0, 0.05) is 19.3 Å². The third kappa shape index (κ3) is 1.84. The number of aryl methyl sites for hydroxylation is 1. The fraction of sp³-hybridized carbons (Fsp3) is 0.545. The molecule has 1 aliphatic rings. The molecule has 1 N–H and O–H groups in total. The van der Waals surface area contributed by atoms with Crippen LogP contribution in [0.25, 0.3) is 11.5 Å². The van der Waals surface area contributed by atoms with Crippen LogP contribution in [0.5, 0.6) is 0 Å². The Bertz CT molecular complexity index is 517. The molecule has 6 heteroatoms. The van der Waals surface area contributed by atoms with Crippen molar-refractivity contribution in [2.24, 2.45) is 7.05 Å². The highest BCUT2D eigenvalue weighted by atomic mass is 16.5. The number of hydrogen-bond acceptors (Lipinski definition) is 5. The molecule has 2 atom stereocenters. The number of nitrogens with zero attached hydrogens (tertiary/aromatic N) is 4. The molecule has 0 amide bonds. The monoisotopic (exact) mass is 233 g/mol. The van der Waals surface area contributed by atoms with E-state index in [1.807, 2.05) is 19.3 Å². The van der Waals surface area contributed by atoms with Gasteiger partial charge in [-0.1, -0.05) is 5.16 Å². The fourth-order valence-corrected chi connectivity index (χ4v) is 2.22. The van der Waals surface area contributed by atoms with Crippen molar-refractivity contribution in [1.82, 2.24) is 25.2 Å². The maximum Gasteiger partial charge on any atom is 0.231 e. The van der Waals surface area contributed by atoms with Gasteiger partial charge in [0.25, 0.3) is 0 Å². The Morgan fingerprint density at radius 2 is 2.41 bits per heavy atom. The fourth-order valence-electron chi connectivity index (χ4n) is 2.22. The van der Waals surface area contributed by atoms with E-state index in [0.29, 0.717) is 23.7 Å². The van der Waals surface area contributed by atoms with Gasteiger partial charge >= 0.3 is 0 Å². The molecule has 90 valence electrons. The van der Waals surface area contributed by atoms with Crippen molar-refractivity contribution < 1.29 is 4.52 Å². The van der Waals surface area contributed by atoms with Crippen molar-refractivity contribution in [3.63, 3.8) is 0 Å². The zero-order valence-electron chi connectivity index (χ0n) is 9.92. The second-order valence-corrected chi connectivity index (χ2v) is 4.47. The van der Waals surface area contributed by atoms with Crippen molar-refractivity contribution in [1.29, 1.82) is 0 Å². The summed E-state index contributed by atoms with van der Waals surface area (Å²) in [5, 5.41) is 11.6.